The number of fused-ring (bicyclic) bond motifs is 1. The van der Waals surface area contributed by atoms with E-state index >= 15 is 0 Å². The third kappa shape index (κ3) is 8.30. The average molecular weight is 561 g/mol. The van der Waals surface area contributed by atoms with E-state index in [1.807, 2.05) is 6.92 Å². The summed E-state index contributed by atoms with van der Waals surface area (Å²) in [6, 6.07) is -2.54. The first-order chi connectivity index (χ1) is 18.9. The smallest absolute Gasteiger partial charge is 0.408 e. The second kappa shape index (κ2) is 14.1. The Balaban J connectivity index is 1.76. The molecular formula is C30H48N4O6. The van der Waals surface area contributed by atoms with E-state index in [9.17, 15) is 24.0 Å². The van der Waals surface area contributed by atoms with Gasteiger partial charge in [0, 0.05) is 13.1 Å². The van der Waals surface area contributed by atoms with E-state index in [0.29, 0.717) is 44.1 Å². The minimum Gasteiger partial charge on any atom is -0.444 e. The second-order valence-corrected chi connectivity index (χ2v) is 12.6. The number of hydrogen-bond donors (Lipinski definition) is 3. The van der Waals surface area contributed by atoms with Crippen LogP contribution in [-0.2, 0) is 23.9 Å². The number of ether oxygens (including phenoxy) is 1. The summed E-state index contributed by atoms with van der Waals surface area (Å²) in [6.07, 6.45) is 9.24. The Morgan fingerprint density at radius 1 is 1.00 bits per heavy atom. The molecule has 2 saturated carbocycles. The lowest BCUT2D eigenvalue weighted by molar-refractivity contribution is -0.143. The number of carbonyl (C=O) groups is 5. The van der Waals surface area contributed by atoms with Gasteiger partial charge in [-0.15, -0.1) is 6.58 Å². The molecule has 1 saturated heterocycles. The van der Waals surface area contributed by atoms with E-state index in [0.717, 1.165) is 25.7 Å². The fraction of sp³-hybridized carbons (Fsp3) is 0.767. The van der Waals surface area contributed by atoms with Crippen molar-refractivity contribution in [1.82, 2.24) is 20.9 Å². The summed E-state index contributed by atoms with van der Waals surface area (Å²) in [7, 11) is 0. The van der Waals surface area contributed by atoms with Gasteiger partial charge in [0.25, 0.3) is 5.91 Å². The summed E-state index contributed by atoms with van der Waals surface area (Å²) in [5, 5.41) is 8.09. The highest BCUT2D eigenvalue weighted by molar-refractivity contribution is 6.38. The number of amides is 4. The third-order valence-electron chi connectivity index (χ3n) is 8.37. The fourth-order valence-corrected chi connectivity index (χ4v) is 6.58. The summed E-state index contributed by atoms with van der Waals surface area (Å²) in [6.45, 7) is 11.3. The highest BCUT2D eigenvalue weighted by Crippen LogP contribution is 2.46. The molecule has 3 N–H and O–H groups in total. The van der Waals surface area contributed by atoms with Crippen molar-refractivity contribution < 1.29 is 28.7 Å². The second-order valence-electron chi connectivity index (χ2n) is 12.6. The Bertz CT molecular complexity index is 946. The van der Waals surface area contributed by atoms with Crippen molar-refractivity contribution in [2.24, 2.45) is 17.8 Å². The average Bonchev–Trinajstić information content (AvgIpc) is 3.55. The topological polar surface area (TPSA) is 134 Å². The Morgan fingerprint density at radius 3 is 2.23 bits per heavy atom. The minimum absolute atomic E-state index is 0.0274. The molecule has 10 heteroatoms. The number of alkyl carbamates (subject to hydrolysis) is 1. The van der Waals surface area contributed by atoms with Crippen molar-refractivity contribution in [3.05, 3.63) is 12.7 Å². The summed E-state index contributed by atoms with van der Waals surface area (Å²) in [4.78, 5) is 66.9. The molecule has 224 valence electrons. The molecule has 0 aromatic carbocycles. The maximum Gasteiger partial charge on any atom is 0.408 e. The van der Waals surface area contributed by atoms with Crippen LogP contribution in [0.3, 0.4) is 0 Å². The van der Waals surface area contributed by atoms with E-state index in [-0.39, 0.29) is 18.4 Å². The molecule has 10 nitrogen and oxygen atoms in total. The normalized spacial score (nSPS) is 25.8. The largest absolute Gasteiger partial charge is 0.444 e. The number of nitrogens with zero attached hydrogens (tertiary/aromatic N) is 1. The molecule has 3 unspecified atom stereocenters. The van der Waals surface area contributed by atoms with Gasteiger partial charge in [0.15, 0.2) is 0 Å². The van der Waals surface area contributed by atoms with Gasteiger partial charge in [-0.2, -0.15) is 0 Å². The van der Waals surface area contributed by atoms with E-state index in [4.69, 9.17) is 4.74 Å². The Kier molecular flexibility index (Phi) is 11.2. The molecule has 0 aromatic rings. The zero-order chi connectivity index (χ0) is 29.4. The maximum absolute atomic E-state index is 14.1. The molecule has 3 aliphatic rings. The Labute approximate surface area is 238 Å². The predicted octanol–water partition coefficient (Wildman–Crippen LogP) is 3.24. The lowest BCUT2D eigenvalue weighted by Crippen LogP contribution is -2.57. The fourth-order valence-electron chi connectivity index (χ4n) is 6.58. The zero-order valence-electron chi connectivity index (χ0n) is 24.6. The van der Waals surface area contributed by atoms with Gasteiger partial charge >= 0.3 is 6.09 Å². The molecule has 2 aliphatic carbocycles. The van der Waals surface area contributed by atoms with Crippen LogP contribution < -0.4 is 16.0 Å². The molecule has 5 atom stereocenters. The van der Waals surface area contributed by atoms with Crippen molar-refractivity contribution in [3.8, 4) is 0 Å². The molecule has 1 aliphatic heterocycles. The van der Waals surface area contributed by atoms with Gasteiger partial charge in [-0.3, -0.25) is 19.2 Å². The summed E-state index contributed by atoms with van der Waals surface area (Å²) in [5.41, 5.74) is -0.712. The van der Waals surface area contributed by atoms with Gasteiger partial charge in [-0.25, -0.2) is 4.79 Å². The lowest BCUT2D eigenvalue weighted by Gasteiger charge is -2.32. The summed E-state index contributed by atoms with van der Waals surface area (Å²) >= 11 is 0. The highest BCUT2D eigenvalue weighted by Gasteiger charge is 2.46. The zero-order valence-corrected chi connectivity index (χ0v) is 24.6. The van der Waals surface area contributed by atoms with Crippen LogP contribution in [0.2, 0.25) is 0 Å². The molecular weight excluding hydrogens is 512 g/mol. The number of rotatable bonds is 11. The number of likely N-dealkylation sites (tertiary alicyclic amines) is 1. The van der Waals surface area contributed by atoms with Crippen LogP contribution in [0.25, 0.3) is 0 Å². The summed E-state index contributed by atoms with van der Waals surface area (Å²) in [5.74, 6) is -1.14. The molecule has 1 heterocycles. The van der Waals surface area contributed by atoms with Gasteiger partial charge in [0.1, 0.15) is 17.7 Å². The van der Waals surface area contributed by atoms with E-state index in [1.165, 1.54) is 18.9 Å². The van der Waals surface area contributed by atoms with Crippen LogP contribution in [0, 0.1) is 17.8 Å². The van der Waals surface area contributed by atoms with Crippen molar-refractivity contribution in [1.29, 1.82) is 0 Å². The third-order valence-corrected chi connectivity index (χ3v) is 8.37. The Hall–Kier alpha value is -2.91. The monoisotopic (exact) mass is 560 g/mol. The van der Waals surface area contributed by atoms with Crippen LogP contribution >= 0.6 is 0 Å². The Morgan fingerprint density at radius 2 is 1.65 bits per heavy atom. The number of hydrogen-bond acceptors (Lipinski definition) is 6. The number of carbonyl (C=O) groups excluding carboxylic acids is 5. The standard InChI is InChI=1S/C30H48N4O6/c1-6-11-22(25(35)27(37)31-15-7-2)32-26(36)23-14-10-16-34(23)28(38)24(33-29(39)40-30(3,4)5)21-17-19-12-8-9-13-20(19)18-21/h7,19-24H,2,6,8-18H2,1,3-5H3,(H,31,37)(H,32,36)(H,33,39)/t19?,20?,21?,22?,23-,24-/m0/s1. The van der Waals surface area contributed by atoms with Crippen molar-refractivity contribution in [3.63, 3.8) is 0 Å². The van der Waals surface area contributed by atoms with Crippen LogP contribution in [0.5, 0.6) is 0 Å². The van der Waals surface area contributed by atoms with Crippen LogP contribution in [-0.4, -0.2) is 71.3 Å². The highest BCUT2D eigenvalue weighted by atomic mass is 16.6. The molecule has 40 heavy (non-hydrogen) atoms. The lowest BCUT2D eigenvalue weighted by atomic mass is 9.82. The van der Waals surface area contributed by atoms with Crippen molar-refractivity contribution in [2.45, 2.75) is 116 Å². The molecule has 0 aromatic heterocycles. The molecule has 0 radical (unpaired) electrons. The number of Topliss-reactive ketones (excluding diaryl/α,β-unsaturated/α-hetero) is 1. The van der Waals surface area contributed by atoms with Crippen LogP contribution in [0.4, 0.5) is 4.79 Å². The first kappa shape index (κ1) is 31.6. The van der Waals surface area contributed by atoms with E-state index in [1.54, 1.807) is 25.7 Å². The van der Waals surface area contributed by atoms with Crippen LogP contribution in [0.15, 0.2) is 12.7 Å². The molecule has 0 bridgehead atoms. The molecule has 0 spiro atoms. The molecule has 3 fully saturated rings. The van der Waals surface area contributed by atoms with E-state index in [2.05, 4.69) is 22.5 Å². The van der Waals surface area contributed by atoms with Gasteiger partial charge in [0.05, 0.1) is 6.04 Å². The van der Waals surface area contributed by atoms with Crippen molar-refractivity contribution in [2.75, 3.05) is 13.1 Å². The first-order valence-electron chi connectivity index (χ1n) is 15.0. The SMILES string of the molecule is C=CCNC(=O)C(=O)C(CCC)NC(=O)[C@@H]1CCCN1C(=O)[C@@H](NC(=O)OC(C)(C)C)C1CC2CCCCC2C1. The van der Waals surface area contributed by atoms with Gasteiger partial charge < -0.3 is 25.6 Å². The first-order valence-corrected chi connectivity index (χ1v) is 15.0. The quantitative estimate of drug-likeness (QED) is 0.262. The maximum atomic E-state index is 14.1. The van der Waals surface area contributed by atoms with Gasteiger partial charge in [-0.05, 0) is 70.6 Å². The van der Waals surface area contributed by atoms with Gasteiger partial charge in [-0.1, -0.05) is 45.1 Å². The van der Waals surface area contributed by atoms with E-state index < -0.39 is 47.4 Å². The molecule has 4 amide bonds. The number of nitrogens with one attached hydrogen (secondary N) is 3. The number of ketones is 1. The predicted molar refractivity (Wildman–Crippen MR) is 151 cm³/mol. The van der Waals surface area contributed by atoms with Gasteiger partial charge in [0.2, 0.25) is 17.6 Å². The van der Waals surface area contributed by atoms with Crippen LogP contribution in [0.1, 0.15) is 91.9 Å². The minimum atomic E-state index is -0.978. The molecule has 3 rings (SSSR count). The summed E-state index contributed by atoms with van der Waals surface area (Å²) < 4.78 is 5.51. The van der Waals surface area contributed by atoms with Crippen molar-refractivity contribution >= 4 is 29.6 Å².